The maximum Gasteiger partial charge on any atom is 0.0405 e. The van der Waals surface area contributed by atoms with Gasteiger partial charge < -0.3 is 0 Å². The molecule has 2 radical (unpaired) electrons. The quantitative estimate of drug-likeness (QED) is 0.479. The lowest BCUT2D eigenvalue weighted by Crippen LogP contribution is -1.55. The summed E-state index contributed by atoms with van der Waals surface area (Å²) in [6.07, 6.45) is 0. The summed E-state index contributed by atoms with van der Waals surface area (Å²) in [5.74, 6) is 0. The molecule has 0 amide bonds. The fourth-order valence-corrected chi connectivity index (χ4v) is 0.560. The molecule has 0 atom stereocenters. The summed E-state index contributed by atoms with van der Waals surface area (Å²) in [6, 6.07) is 9.44. The van der Waals surface area contributed by atoms with Gasteiger partial charge in [-0.1, -0.05) is 29.8 Å². The lowest BCUT2D eigenvalue weighted by atomic mass is 10.4. The monoisotopic (exact) mass is 136 g/mol. The van der Waals surface area contributed by atoms with Crippen molar-refractivity contribution in [2.45, 2.75) is 0 Å². The van der Waals surface area contributed by atoms with Crippen molar-refractivity contribution in [3.63, 3.8) is 0 Å². The standard InChI is InChI=1S/C6H5Cl.Mg/c7-6-4-2-1-3-5-6;/h1-5H;. The third kappa shape index (κ3) is 2.55. The normalized spacial score (nSPS) is 7.62. The van der Waals surface area contributed by atoms with E-state index in [0.29, 0.717) is 0 Å². The molecule has 0 bridgehead atoms. The Morgan fingerprint density at radius 2 is 1.50 bits per heavy atom. The minimum atomic E-state index is 0. The summed E-state index contributed by atoms with van der Waals surface area (Å²) in [5.41, 5.74) is 0. The zero-order valence-corrected chi connectivity index (χ0v) is 6.64. The molecule has 1 rings (SSSR count). The van der Waals surface area contributed by atoms with Crippen molar-refractivity contribution in [1.82, 2.24) is 0 Å². The second kappa shape index (κ2) is 4.18. The lowest BCUT2D eigenvalue weighted by Gasteiger charge is -1.80. The van der Waals surface area contributed by atoms with Crippen LogP contribution >= 0.6 is 11.6 Å². The van der Waals surface area contributed by atoms with Crippen molar-refractivity contribution >= 4 is 34.7 Å². The van der Waals surface area contributed by atoms with Gasteiger partial charge in [0.05, 0.1) is 0 Å². The van der Waals surface area contributed by atoms with Crippen LogP contribution in [0.4, 0.5) is 0 Å². The van der Waals surface area contributed by atoms with Crippen LogP contribution in [-0.2, 0) is 0 Å². The average Bonchev–Trinajstić information content (AvgIpc) is 1.69. The van der Waals surface area contributed by atoms with Gasteiger partial charge in [0.25, 0.3) is 0 Å². The molecule has 0 aliphatic rings. The molecule has 0 heterocycles. The van der Waals surface area contributed by atoms with E-state index in [1.165, 1.54) is 0 Å². The van der Waals surface area contributed by atoms with Crippen molar-refractivity contribution in [2.75, 3.05) is 0 Å². The van der Waals surface area contributed by atoms with Gasteiger partial charge in [0.15, 0.2) is 0 Å². The predicted octanol–water partition coefficient (Wildman–Crippen LogP) is 1.96. The van der Waals surface area contributed by atoms with Gasteiger partial charge in [0, 0.05) is 28.1 Å². The van der Waals surface area contributed by atoms with Gasteiger partial charge in [-0.2, -0.15) is 0 Å². The molecule has 2 heteroatoms. The molecule has 0 saturated heterocycles. The van der Waals surface area contributed by atoms with Gasteiger partial charge in [0.1, 0.15) is 0 Å². The highest BCUT2D eigenvalue weighted by Gasteiger charge is 1.74. The van der Waals surface area contributed by atoms with Crippen molar-refractivity contribution in [1.29, 1.82) is 0 Å². The van der Waals surface area contributed by atoms with E-state index in [4.69, 9.17) is 11.6 Å². The summed E-state index contributed by atoms with van der Waals surface area (Å²) in [4.78, 5) is 0. The summed E-state index contributed by atoms with van der Waals surface area (Å²) in [5, 5.41) is 0.794. The lowest BCUT2D eigenvalue weighted by molar-refractivity contribution is 1.71. The van der Waals surface area contributed by atoms with Crippen molar-refractivity contribution < 1.29 is 0 Å². The average molecular weight is 137 g/mol. The third-order valence-corrected chi connectivity index (χ3v) is 0.985. The first-order chi connectivity index (χ1) is 3.39. The number of halogens is 1. The van der Waals surface area contributed by atoms with E-state index in [2.05, 4.69) is 0 Å². The molecular weight excluding hydrogens is 132 g/mol. The summed E-state index contributed by atoms with van der Waals surface area (Å²) in [7, 11) is 0. The van der Waals surface area contributed by atoms with Crippen LogP contribution < -0.4 is 0 Å². The first kappa shape index (κ1) is 8.28. The van der Waals surface area contributed by atoms with Gasteiger partial charge in [0.2, 0.25) is 0 Å². The van der Waals surface area contributed by atoms with E-state index < -0.39 is 0 Å². The van der Waals surface area contributed by atoms with Crippen LogP contribution in [0.1, 0.15) is 0 Å². The van der Waals surface area contributed by atoms with Gasteiger partial charge >= 0.3 is 0 Å². The SMILES string of the molecule is Clc1ccccc1.[Mg]. The van der Waals surface area contributed by atoms with Crippen LogP contribution in [-0.4, -0.2) is 23.1 Å². The molecule has 0 unspecified atom stereocenters. The Labute approximate surface area is 70.0 Å². The molecule has 0 aromatic heterocycles. The highest BCUT2D eigenvalue weighted by atomic mass is 35.5. The second-order valence-electron chi connectivity index (χ2n) is 1.30. The van der Waals surface area contributed by atoms with Gasteiger partial charge in [-0.3, -0.25) is 0 Å². The zero-order chi connectivity index (χ0) is 5.11. The van der Waals surface area contributed by atoms with Gasteiger partial charge in [-0.25, -0.2) is 0 Å². The number of rotatable bonds is 0. The maximum absolute atomic E-state index is 5.54. The highest BCUT2D eigenvalue weighted by molar-refractivity contribution is 6.30. The van der Waals surface area contributed by atoms with Crippen molar-refractivity contribution in [3.05, 3.63) is 35.4 Å². The van der Waals surface area contributed by atoms with E-state index in [-0.39, 0.29) is 23.1 Å². The largest absolute Gasteiger partial charge is 0.0843 e. The van der Waals surface area contributed by atoms with Crippen LogP contribution in [0.3, 0.4) is 0 Å². The Kier molecular flexibility index (Phi) is 4.33. The molecule has 0 spiro atoms. The Morgan fingerprint density at radius 3 is 1.75 bits per heavy atom. The summed E-state index contributed by atoms with van der Waals surface area (Å²) in [6.45, 7) is 0. The van der Waals surface area contributed by atoms with Crippen LogP contribution in [0.15, 0.2) is 30.3 Å². The smallest absolute Gasteiger partial charge is 0.0405 e. The van der Waals surface area contributed by atoms with Crippen LogP contribution in [0, 0.1) is 0 Å². The Balaban J connectivity index is 0.000000490. The first-order valence-corrected chi connectivity index (χ1v) is 2.48. The van der Waals surface area contributed by atoms with Crippen LogP contribution in [0.2, 0.25) is 5.02 Å². The maximum atomic E-state index is 5.54. The second-order valence-corrected chi connectivity index (χ2v) is 1.73. The molecule has 0 aliphatic heterocycles. The topological polar surface area (TPSA) is 0 Å². The third-order valence-electron chi connectivity index (χ3n) is 0.733. The van der Waals surface area contributed by atoms with E-state index in [0.717, 1.165) is 5.02 Å². The Hall–Kier alpha value is 0.276. The molecule has 0 N–H and O–H groups in total. The first-order valence-electron chi connectivity index (χ1n) is 2.10. The van der Waals surface area contributed by atoms with E-state index in [1.807, 2.05) is 30.3 Å². The van der Waals surface area contributed by atoms with Gasteiger partial charge in [-0.15, -0.1) is 0 Å². The highest BCUT2D eigenvalue weighted by Crippen LogP contribution is 2.03. The molecule has 1 aromatic carbocycles. The number of hydrogen-bond donors (Lipinski definition) is 0. The number of benzene rings is 1. The molecule has 0 fully saturated rings. The Bertz CT molecular complexity index is 138. The molecule has 38 valence electrons. The fourth-order valence-electron chi connectivity index (χ4n) is 0.415. The molecule has 0 saturated carbocycles. The number of hydrogen-bond acceptors (Lipinski definition) is 0. The predicted molar refractivity (Wildman–Crippen MR) is 37.2 cm³/mol. The molecule has 0 aliphatic carbocycles. The van der Waals surface area contributed by atoms with Crippen molar-refractivity contribution in [3.8, 4) is 0 Å². The van der Waals surface area contributed by atoms with E-state index in [9.17, 15) is 0 Å². The van der Waals surface area contributed by atoms with Crippen LogP contribution in [0.25, 0.3) is 0 Å². The minimum absolute atomic E-state index is 0. The van der Waals surface area contributed by atoms with E-state index >= 15 is 0 Å². The molecule has 0 nitrogen and oxygen atoms in total. The van der Waals surface area contributed by atoms with Gasteiger partial charge in [-0.05, 0) is 12.1 Å². The zero-order valence-electron chi connectivity index (χ0n) is 4.47. The minimum Gasteiger partial charge on any atom is -0.0843 e. The fraction of sp³-hybridized carbons (Fsp3) is 0. The van der Waals surface area contributed by atoms with Crippen LogP contribution in [0.5, 0.6) is 0 Å². The Morgan fingerprint density at radius 1 is 1.00 bits per heavy atom. The summed E-state index contributed by atoms with van der Waals surface area (Å²) < 4.78 is 0. The van der Waals surface area contributed by atoms with E-state index in [1.54, 1.807) is 0 Å². The van der Waals surface area contributed by atoms with Crippen molar-refractivity contribution in [2.24, 2.45) is 0 Å². The summed E-state index contributed by atoms with van der Waals surface area (Å²) >= 11 is 5.54. The molecule has 1 aromatic rings. The molecule has 8 heavy (non-hydrogen) atoms. The molecular formula is C6H5ClMg.